The van der Waals surface area contributed by atoms with Gasteiger partial charge in [-0.1, -0.05) is 87.1 Å². The first-order valence-corrected chi connectivity index (χ1v) is 47.7. The third kappa shape index (κ3) is 21.3. The molecule has 6 aromatic carbocycles. The molecule has 16 aromatic heterocycles. The fraction of sp³-hybridized carbons (Fsp3) is 0.204. The molecule has 1 aliphatic carbocycles. The van der Waals surface area contributed by atoms with Crippen molar-refractivity contribution in [1.82, 2.24) is 111 Å². The van der Waals surface area contributed by atoms with Crippen LogP contribution in [-0.4, -0.2) is 164 Å². The Morgan fingerprint density at radius 2 is 0.710 bits per heavy atom. The van der Waals surface area contributed by atoms with E-state index in [0.29, 0.717) is 48.1 Å². The van der Waals surface area contributed by atoms with Gasteiger partial charge in [0, 0.05) is 193 Å². The number of anilines is 7. The molecule has 3 saturated heterocycles. The van der Waals surface area contributed by atoms with Gasteiger partial charge in [-0.25, -0.2) is 59.8 Å². The second-order valence-corrected chi connectivity index (χ2v) is 35.3. The Hall–Kier alpha value is -18.3. The van der Waals surface area contributed by atoms with Crippen molar-refractivity contribution in [2.24, 2.45) is 5.92 Å². The summed E-state index contributed by atoms with van der Waals surface area (Å²) in [6.07, 6.45) is 35.1. The van der Waals surface area contributed by atoms with Crippen LogP contribution in [0.3, 0.4) is 0 Å². The smallest absolute Gasteiger partial charge is 0.226 e. The number of rotatable bonds is 15. The van der Waals surface area contributed by atoms with Crippen molar-refractivity contribution in [3.8, 4) is 113 Å². The minimum atomic E-state index is 0.000665. The number of hydrogen-bond acceptors (Lipinski definition) is 37. The summed E-state index contributed by atoms with van der Waals surface area (Å²) in [5.74, 6) is 8.30. The quantitative estimate of drug-likeness (QED) is 0.0636. The van der Waals surface area contributed by atoms with Gasteiger partial charge in [0.05, 0.1) is 80.8 Å². The normalized spacial score (nSPS) is 15.1. The van der Waals surface area contributed by atoms with Gasteiger partial charge < -0.3 is 74.7 Å². The van der Waals surface area contributed by atoms with Gasteiger partial charge in [0.25, 0.3) is 0 Å². The fourth-order valence-corrected chi connectivity index (χ4v) is 18.1. The molecule has 4 fully saturated rings. The average Bonchev–Trinajstić information content (AvgIpc) is 1.67. The monoisotopic (exact) mass is 1930 g/mol. The molecule has 0 bridgehead atoms. The molecule has 3 aliphatic heterocycles. The van der Waals surface area contributed by atoms with E-state index >= 15 is 0 Å². The molecule has 1 saturated carbocycles. The van der Waals surface area contributed by atoms with Crippen LogP contribution >= 0.6 is 0 Å². The van der Waals surface area contributed by atoms with E-state index in [1.165, 1.54) is 44.9 Å². The van der Waals surface area contributed by atoms with Crippen molar-refractivity contribution < 1.29 is 36.6 Å². The lowest BCUT2D eigenvalue weighted by atomic mass is 9.81. The van der Waals surface area contributed by atoms with Gasteiger partial charge in [-0.15, -0.1) is 0 Å². The second-order valence-electron chi connectivity index (χ2n) is 35.3. The molecular weight excluding hydrogens is 1830 g/mol. The number of fused-ring (bicyclic) bond motifs is 6. The number of ether oxygens (including phenoxy) is 2. The van der Waals surface area contributed by atoms with E-state index in [2.05, 4.69) is 146 Å². The van der Waals surface area contributed by atoms with E-state index in [4.69, 9.17) is 64.5 Å². The summed E-state index contributed by atoms with van der Waals surface area (Å²) in [6, 6.07) is 58.6. The Balaban J connectivity index is 0.000000103. The van der Waals surface area contributed by atoms with Crippen LogP contribution < -0.4 is 38.1 Å². The van der Waals surface area contributed by atoms with E-state index in [-0.39, 0.29) is 29.9 Å². The van der Waals surface area contributed by atoms with Crippen LogP contribution in [0.1, 0.15) is 93.8 Å². The molecule has 22 aromatic rings. The number of aryl methyl sites for hydroxylation is 1. The van der Waals surface area contributed by atoms with Gasteiger partial charge in [-0.3, -0.25) is 19.9 Å². The van der Waals surface area contributed by atoms with Crippen LogP contribution in [0.25, 0.3) is 178 Å². The molecule has 0 amide bonds. The highest BCUT2D eigenvalue weighted by molar-refractivity contribution is 5.98. The van der Waals surface area contributed by atoms with Crippen LogP contribution in [0, 0.1) is 12.8 Å². The highest BCUT2D eigenvalue weighted by Crippen LogP contribution is 2.43. The van der Waals surface area contributed by atoms with Crippen molar-refractivity contribution >= 4 is 107 Å². The van der Waals surface area contributed by atoms with Crippen LogP contribution in [-0.2, 0) is 9.47 Å². The average molecular weight is 1930 g/mol. The lowest BCUT2D eigenvalue weighted by Crippen LogP contribution is -2.37. The topological polar surface area (TPSA) is 503 Å². The molecule has 0 spiro atoms. The zero-order valence-electron chi connectivity index (χ0n) is 79.3. The first kappa shape index (κ1) is 93.1. The highest BCUT2D eigenvalue weighted by Gasteiger charge is 2.29. The van der Waals surface area contributed by atoms with Crippen molar-refractivity contribution in [1.29, 1.82) is 0 Å². The van der Waals surface area contributed by atoms with Crippen LogP contribution in [0.5, 0.6) is 0 Å². The largest absolute Gasteiger partial charge is 0.378 e. The first-order chi connectivity index (χ1) is 71.2. The Morgan fingerprint density at radius 3 is 1.14 bits per heavy atom. The van der Waals surface area contributed by atoms with E-state index in [9.17, 15) is 0 Å². The maximum Gasteiger partial charge on any atom is 0.226 e. The number of nitrogen functional groups attached to an aromatic ring is 4. The van der Waals surface area contributed by atoms with Gasteiger partial charge >= 0.3 is 0 Å². The molecule has 26 rings (SSSR count). The maximum atomic E-state index is 5.73. The number of benzene rings is 6. The Labute approximate surface area is 828 Å². The summed E-state index contributed by atoms with van der Waals surface area (Å²) in [7, 11) is 1.79. The minimum absolute atomic E-state index is 0.000665. The Kier molecular flexibility index (Phi) is 27.5. The number of nitrogens with two attached hydrogens (primary N) is 4. The summed E-state index contributed by atoms with van der Waals surface area (Å²) in [5.41, 5.74) is 44.1. The third-order valence-corrected chi connectivity index (χ3v) is 25.5. The van der Waals surface area contributed by atoms with Crippen molar-refractivity contribution in [3.63, 3.8) is 0 Å². The summed E-state index contributed by atoms with van der Waals surface area (Å²) >= 11 is 0. The first-order valence-electron chi connectivity index (χ1n) is 47.7. The van der Waals surface area contributed by atoms with Crippen LogP contribution in [0.2, 0.25) is 0 Å². The van der Waals surface area contributed by atoms with Crippen molar-refractivity contribution in [3.05, 3.63) is 286 Å². The van der Waals surface area contributed by atoms with Crippen LogP contribution in [0.4, 0.5) is 41.4 Å². The predicted octanol–water partition coefficient (Wildman–Crippen LogP) is 20.6. The number of aromatic nitrogens is 22. The molecule has 145 heavy (non-hydrogen) atoms. The number of nitrogens with one attached hydrogen (secondary N) is 1. The van der Waals surface area contributed by atoms with Crippen LogP contribution in [0.15, 0.2) is 296 Å². The third-order valence-electron chi connectivity index (χ3n) is 25.5. The van der Waals surface area contributed by atoms with E-state index in [1.807, 2.05) is 183 Å². The lowest BCUT2D eigenvalue weighted by molar-refractivity contribution is 0.0893. The SMILES string of the molecule is CC1CCC(c2onc3ccc(-c4ccnc(N)n4)cc23)CC1.CNc1nccc(-c2ccc3noc(-c4cccnc4)c3c2)n1.Cc1cncc(-c2onc3ccc(-c4ccnc(N)n4)cc23)c1.Nc1nccc(-c2ccc3noc(-c4cncc(N5CCCCC5)c4)c3c2)n1.Nc1nccc(-c2ccc3noc(C4CCCO4)c3c2)n1.c1cncc(-c2onc3ccc(-c4ccnc(N5CCOCC5)n4)cc23)c1. The van der Waals surface area contributed by atoms with Gasteiger partial charge in [0.15, 0.2) is 28.8 Å². The molecule has 1 atom stereocenters. The standard InChI is InChI=1S/C21H20N6O.C20H17N5O2.C18H20N4O.2C17H13N5O.C15H14N4O2/c22-21-24-7-6-18(25-21)14-4-5-19-17(11-14)20(28-26-19)15-10-16(13-23-12-15)27-8-2-1-3-9-27;1-2-15(13-21-6-1)19-16-12-14(3-4-18(16)24-27-19)17-5-7-22-20(23-17)25-8-10-26-11-9-25;1-11-2-4-12(5-3-11)17-14-10-13(6-7-16(14)22-23-17)15-8-9-20-18(19)21-15;1-10-6-12(9-19-8-10)16-13-7-11(2-3-15(13)22-23-16)14-4-5-20-17(18)21-14;1-18-17-20-8-6-14(21-17)11-4-5-15-13(9-11)16(23-22-15)12-3-2-7-19-10-12;16-15-17-6-5-11(18-15)9-3-4-12-10(8-9)14(21-19-12)13-2-1-7-20-13/h4-7,10-13H,1-3,8-9H2,(H2,22,24,25);1-7,12-13H,8-11H2;6-12H,2-5H2,1H3,(H2,19,20,21);2-9H,1H3,(H2,18,20,21);2-10H,1H3,(H,18,20,21);3-6,8,13H,1-2,7H2,(H2,16,17,18). The molecule has 4 aliphatic rings. The Morgan fingerprint density at radius 1 is 0.317 bits per heavy atom. The molecule has 1 unspecified atom stereocenters. The molecule has 37 heteroatoms. The molecule has 722 valence electrons. The molecule has 19 heterocycles. The van der Waals surface area contributed by atoms with E-state index < -0.39 is 0 Å². The molecular formula is C108H97N29O8. The number of pyridine rings is 4. The van der Waals surface area contributed by atoms with Crippen molar-refractivity contribution in [2.75, 3.05) is 91.1 Å². The molecule has 37 nitrogen and oxygen atoms in total. The zero-order valence-corrected chi connectivity index (χ0v) is 79.3. The number of hydrogen-bond donors (Lipinski definition) is 5. The summed E-state index contributed by atoms with van der Waals surface area (Å²) in [6.45, 7) is 10.2. The van der Waals surface area contributed by atoms with Gasteiger partial charge in [-0.2, -0.15) is 0 Å². The summed E-state index contributed by atoms with van der Waals surface area (Å²) in [4.78, 5) is 72.1. The minimum Gasteiger partial charge on any atom is -0.378 e. The number of piperidine rings is 1. The van der Waals surface area contributed by atoms with E-state index in [0.717, 1.165) is 235 Å². The summed E-state index contributed by atoms with van der Waals surface area (Å²) < 4.78 is 44.6. The van der Waals surface area contributed by atoms with Gasteiger partial charge in [0.2, 0.25) is 35.7 Å². The zero-order chi connectivity index (χ0) is 98.5. The van der Waals surface area contributed by atoms with Gasteiger partial charge in [-0.05, 0) is 209 Å². The maximum absolute atomic E-state index is 5.73. The highest BCUT2D eigenvalue weighted by atomic mass is 16.5. The van der Waals surface area contributed by atoms with Gasteiger partial charge in [0.1, 0.15) is 45.0 Å². The molecule has 9 N–H and O–H groups in total. The Bertz CT molecular complexity index is 8280. The van der Waals surface area contributed by atoms with E-state index in [1.54, 1.807) is 81.4 Å². The number of morpholine rings is 1. The number of nitrogens with zero attached hydrogens (tertiary/aromatic N) is 24. The summed E-state index contributed by atoms with van der Waals surface area (Å²) in [5, 5.41) is 33.7. The van der Waals surface area contributed by atoms with Crippen molar-refractivity contribution in [2.45, 2.75) is 83.7 Å². The second kappa shape index (κ2) is 42.8. The molecule has 0 radical (unpaired) electrons. The lowest BCUT2D eigenvalue weighted by Gasteiger charge is -2.28. The predicted molar refractivity (Wildman–Crippen MR) is 552 cm³/mol. The fourth-order valence-electron chi connectivity index (χ4n) is 18.1.